The van der Waals surface area contributed by atoms with E-state index in [1.165, 1.54) is 22.5 Å². The van der Waals surface area contributed by atoms with Crippen LogP contribution in [0.3, 0.4) is 0 Å². The quantitative estimate of drug-likeness (QED) is 0.665. The van der Waals surface area contributed by atoms with Crippen LogP contribution in [0.1, 0.15) is 11.1 Å². The number of aryl methyl sites for hydroxylation is 1. The second kappa shape index (κ2) is 8.58. The van der Waals surface area contributed by atoms with Crippen molar-refractivity contribution in [3.63, 3.8) is 0 Å². The van der Waals surface area contributed by atoms with Crippen molar-refractivity contribution in [1.29, 1.82) is 0 Å². The van der Waals surface area contributed by atoms with Gasteiger partial charge in [-0.2, -0.15) is 0 Å². The summed E-state index contributed by atoms with van der Waals surface area (Å²) in [7, 11) is 1.70. The first-order valence-electron chi connectivity index (χ1n) is 11.2. The van der Waals surface area contributed by atoms with Crippen molar-refractivity contribution < 1.29 is 9.53 Å². The molecule has 164 valence electrons. The Morgan fingerprint density at radius 2 is 1.78 bits per heavy atom. The van der Waals surface area contributed by atoms with E-state index in [-0.39, 0.29) is 17.9 Å². The highest BCUT2D eigenvalue weighted by atomic mass is 16.5. The zero-order valence-corrected chi connectivity index (χ0v) is 18.6. The summed E-state index contributed by atoms with van der Waals surface area (Å²) in [5.41, 5.74) is 5.72. The van der Waals surface area contributed by atoms with Gasteiger partial charge in [0.1, 0.15) is 5.75 Å². The molecule has 0 spiro atoms. The largest absolute Gasteiger partial charge is 0.497 e. The van der Waals surface area contributed by atoms with E-state index in [1.54, 1.807) is 7.11 Å². The first kappa shape index (κ1) is 20.4. The van der Waals surface area contributed by atoms with E-state index in [4.69, 9.17) is 4.74 Å². The lowest BCUT2D eigenvalue weighted by atomic mass is 9.83. The van der Waals surface area contributed by atoms with Gasteiger partial charge in [-0.15, -0.1) is 0 Å². The average Bonchev–Trinajstić information content (AvgIpc) is 2.84. The fraction of sp³-hybridized carbons (Fsp3) is 0.296. The van der Waals surface area contributed by atoms with Crippen molar-refractivity contribution in [3.05, 3.63) is 83.9 Å². The van der Waals surface area contributed by atoms with Crippen LogP contribution in [-0.4, -0.2) is 38.7 Å². The van der Waals surface area contributed by atoms with Gasteiger partial charge in [0.05, 0.1) is 19.1 Å². The Bertz CT molecular complexity index is 1100. The van der Waals surface area contributed by atoms with Crippen molar-refractivity contribution in [2.24, 2.45) is 5.92 Å². The van der Waals surface area contributed by atoms with Crippen LogP contribution in [0.4, 0.5) is 17.1 Å². The Kier molecular flexibility index (Phi) is 5.48. The number of para-hydroxylation sites is 1. The molecule has 1 N–H and O–H groups in total. The molecule has 0 aliphatic carbocycles. The van der Waals surface area contributed by atoms with E-state index in [0.29, 0.717) is 0 Å². The number of benzene rings is 3. The molecule has 3 aromatic rings. The molecule has 0 bridgehead atoms. The number of fused-ring (bicyclic) bond motifs is 3. The van der Waals surface area contributed by atoms with Gasteiger partial charge in [0, 0.05) is 42.8 Å². The Morgan fingerprint density at radius 1 is 1.00 bits per heavy atom. The van der Waals surface area contributed by atoms with Crippen molar-refractivity contribution >= 4 is 23.0 Å². The van der Waals surface area contributed by atoms with E-state index in [2.05, 4.69) is 58.4 Å². The number of ether oxygens (including phenoxy) is 1. The maximum atomic E-state index is 13.5. The first-order valence-corrected chi connectivity index (χ1v) is 11.2. The lowest BCUT2D eigenvalue weighted by Crippen LogP contribution is -2.60. The number of carbonyl (C=O) groups is 1. The summed E-state index contributed by atoms with van der Waals surface area (Å²) in [6.45, 7) is 4.71. The average molecular weight is 428 g/mol. The summed E-state index contributed by atoms with van der Waals surface area (Å²) in [4.78, 5) is 18.3. The molecule has 0 unspecified atom stereocenters. The third kappa shape index (κ3) is 3.91. The van der Waals surface area contributed by atoms with Crippen LogP contribution in [0.25, 0.3) is 0 Å². The van der Waals surface area contributed by atoms with Gasteiger partial charge in [0.2, 0.25) is 5.91 Å². The molecule has 1 amide bonds. The predicted octanol–water partition coefficient (Wildman–Crippen LogP) is 4.51. The Morgan fingerprint density at radius 3 is 2.53 bits per heavy atom. The molecule has 0 aromatic heterocycles. The Hall–Kier alpha value is -3.47. The summed E-state index contributed by atoms with van der Waals surface area (Å²) in [5, 5.41) is 3.15. The minimum atomic E-state index is -0.135. The molecule has 2 aliphatic heterocycles. The van der Waals surface area contributed by atoms with Crippen molar-refractivity contribution in [3.8, 4) is 5.75 Å². The van der Waals surface area contributed by atoms with Crippen molar-refractivity contribution in [2.45, 2.75) is 19.4 Å². The summed E-state index contributed by atoms with van der Waals surface area (Å²) in [6.07, 6.45) is 0.723. The molecule has 5 rings (SSSR count). The number of carbonyl (C=O) groups excluding carboxylic acids is 1. The van der Waals surface area contributed by atoms with Gasteiger partial charge in [-0.3, -0.25) is 4.79 Å². The van der Waals surface area contributed by atoms with Crippen LogP contribution in [0.2, 0.25) is 0 Å². The lowest BCUT2D eigenvalue weighted by Gasteiger charge is -2.49. The highest BCUT2D eigenvalue weighted by Crippen LogP contribution is 2.39. The molecule has 5 nitrogen and oxygen atoms in total. The van der Waals surface area contributed by atoms with Crippen LogP contribution in [0, 0.1) is 12.8 Å². The smallest absolute Gasteiger partial charge is 0.229 e. The van der Waals surface area contributed by atoms with Gasteiger partial charge in [0.25, 0.3) is 0 Å². The van der Waals surface area contributed by atoms with Crippen molar-refractivity contribution in [2.75, 3.05) is 41.9 Å². The number of piperazine rings is 1. The molecule has 2 atom stereocenters. The molecule has 1 fully saturated rings. The second-order valence-electron chi connectivity index (χ2n) is 8.70. The molecular formula is C27H29N3O2. The number of nitrogens with zero attached hydrogens (tertiary/aromatic N) is 2. The number of nitrogens with one attached hydrogen (secondary N) is 1. The zero-order chi connectivity index (χ0) is 22.1. The topological polar surface area (TPSA) is 44.8 Å². The van der Waals surface area contributed by atoms with E-state index in [1.807, 2.05) is 36.4 Å². The number of anilines is 3. The van der Waals surface area contributed by atoms with Crippen molar-refractivity contribution in [1.82, 2.24) is 0 Å². The summed E-state index contributed by atoms with van der Waals surface area (Å²) in [5.74, 6) is 0.804. The number of hydrogen-bond donors (Lipinski definition) is 1. The standard InChI is InChI=1S/C27H29N3O2/c1-19-8-11-22(12-9-19)29-14-15-30-25-17-23(32-2)13-10-20(25)16-24(26(30)18-29)27(31)28-21-6-4-3-5-7-21/h3-13,17,24,26H,14-16,18H2,1-2H3,(H,28,31)/t24-,26-/m0/s1. The fourth-order valence-corrected chi connectivity index (χ4v) is 4.95. The summed E-state index contributed by atoms with van der Waals surface area (Å²) < 4.78 is 5.50. The molecule has 0 saturated carbocycles. The minimum absolute atomic E-state index is 0.0819. The van der Waals surface area contributed by atoms with Gasteiger partial charge in [0.15, 0.2) is 0 Å². The normalized spacial score (nSPS) is 19.7. The third-order valence-corrected chi connectivity index (χ3v) is 6.70. The lowest BCUT2D eigenvalue weighted by molar-refractivity contribution is -0.120. The maximum absolute atomic E-state index is 13.5. The Balaban J connectivity index is 1.47. The molecule has 3 aromatic carbocycles. The number of methoxy groups -OCH3 is 1. The third-order valence-electron chi connectivity index (χ3n) is 6.70. The van der Waals surface area contributed by atoms with Gasteiger partial charge in [-0.25, -0.2) is 0 Å². The number of hydrogen-bond acceptors (Lipinski definition) is 4. The number of rotatable bonds is 4. The SMILES string of the molecule is COc1ccc2c(c1)N1CCN(c3ccc(C)cc3)C[C@H]1[C@@H](C(=O)Nc1ccccc1)C2. The highest BCUT2D eigenvalue weighted by molar-refractivity contribution is 5.94. The second-order valence-corrected chi connectivity index (χ2v) is 8.70. The first-order chi connectivity index (χ1) is 15.6. The van der Waals surface area contributed by atoms with Crippen LogP contribution in [0.15, 0.2) is 72.8 Å². The molecule has 0 radical (unpaired) electrons. The van der Waals surface area contributed by atoms with Gasteiger partial charge < -0.3 is 19.9 Å². The van der Waals surface area contributed by atoms with Gasteiger partial charge in [-0.05, 0) is 49.2 Å². The Labute approximate surface area is 189 Å². The summed E-state index contributed by atoms with van der Waals surface area (Å²) in [6, 6.07) is 24.7. The number of amides is 1. The maximum Gasteiger partial charge on any atom is 0.229 e. The molecule has 5 heteroatoms. The molecule has 2 heterocycles. The molecule has 32 heavy (non-hydrogen) atoms. The highest BCUT2D eigenvalue weighted by Gasteiger charge is 2.41. The molecular weight excluding hydrogens is 398 g/mol. The monoisotopic (exact) mass is 427 g/mol. The van der Waals surface area contributed by atoms with Crippen LogP contribution in [0.5, 0.6) is 5.75 Å². The van der Waals surface area contributed by atoms with E-state index >= 15 is 0 Å². The van der Waals surface area contributed by atoms with Crippen LogP contribution < -0.4 is 19.9 Å². The fourth-order valence-electron chi connectivity index (χ4n) is 4.95. The van der Waals surface area contributed by atoms with E-state index in [0.717, 1.165) is 37.5 Å². The van der Waals surface area contributed by atoms with Gasteiger partial charge >= 0.3 is 0 Å². The summed E-state index contributed by atoms with van der Waals surface area (Å²) >= 11 is 0. The van der Waals surface area contributed by atoms with E-state index in [9.17, 15) is 4.79 Å². The zero-order valence-electron chi connectivity index (χ0n) is 18.6. The van der Waals surface area contributed by atoms with Crippen LogP contribution in [-0.2, 0) is 11.2 Å². The van der Waals surface area contributed by atoms with Crippen LogP contribution >= 0.6 is 0 Å². The molecule has 1 saturated heterocycles. The van der Waals surface area contributed by atoms with E-state index < -0.39 is 0 Å². The minimum Gasteiger partial charge on any atom is -0.497 e. The molecule has 2 aliphatic rings. The predicted molar refractivity (Wildman–Crippen MR) is 130 cm³/mol. The van der Waals surface area contributed by atoms with Gasteiger partial charge in [-0.1, -0.05) is 42.0 Å².